The largest absolute Gasteiger partial charge is 0.481 e. The lowest BCUT2D eigenvalue weighted by molar-refractivity contribution is -0.143. The molecular weight excluding hydrogens is 743 g/mol. The topological polar surface area (TPSA) is 158 Å². The number of carboxylic acid groups (broad SMARTS) is 1. The number of anilines is 2. The molecule has 13 nitrogen and oxygen atoms in total. The number of amides is 2. The maximum absolute atomic E-state index is 13.7. The van der Waals surface area contributed by atoms with E-state index < -0.39 is 18.0 Å². The predicted molar refractivity (Wildman–Crippen MR) is 212 cm³/mol. The second-order valence-electron chi connectivity index (χ2n) is 15.2. The number of carbonyl (C=O) groups excluding carboxylic acids is 2. The van der Waals surface area contributed by atoms with Crippen molar-refractivity contribution in [3.8, 4) is 11.1 Å². The third-order valence-corrected chi connectivity index (χ3v) is 12.2. The molecule has 2 aromatic heterocycles. The van der Waals surface area contributed by atoms with Crippen LogP contribution in [0.1, 0.15) is 83.0 Å². The second kappa shape index (κ2) is 16.4. The van der Waals surface area contributed by atoms with Crippen LogP contribution in [-0.4, -0.2) is 89.2 Å². The summed E-state index contributed by atoms with van der Waals surface area (Å²) in [6.45, 7) is 6.09. The summed E-state index contributed by atoms with van der Waals surface area (Å²) in [6, 6.07) is 10.6. The average Bonchev–Trinajstić information content (AvgIpc) is 3.67. The molecule has 4 N–H and O–H groups in total. The van der Waals surface area contributed by atoms with Crippen molar-refractivity contribution >= 4 is 52.4 Å². The molecule has 1 aliphatic carbocycles. The first-order valence-electron chi connectivity index (χ1n) is 19.0. The Morgan fingerprint density at radius 1 is 0.800 bits per heavy atom. The minimum absolute atomic E-state index is 0.201. The molecule has 0 bridgehead atoms. The molecule has 15 heteroatoms. The maximum atomic E-state index is 13.7. The highest BCUT2D eigenvalue weighted by Crippen LogP contribution is 2.40. The Bertz CT molecular complexity index is 2100. The number of aromatic nitrogens is 4. The lowest BCUT2D eigenvalue weighted by atomic mass is 9.80. The van der Waals surface area contributed by atoms with Crippen LogP contribution in [0.2, 0.25) is 10.0 Å². The molecular formula is C40H48Cl2N8O5. The SMILES string of the molecule is C[C@@H](O)CN1CCc2c(nc(C(=O)Nc3cccc(-c4cccc(NC(=O)c5nc6c(n5C)CCN(CCC5CCC(C(=O)O)CC5)C6)c4Cl)c3Cl)n2C)C1. The molecule has 4 aromatic rings. The fourth-order valence-corrected chi connectivity index (χ4v) is 8.93. The van der Waals surface area contributed by atoms with Gasteiger partial charge in [-0.15, -0.1) is 0 Å². The maximum Gasteiger partial charge on any atom is 0.306 e. The van der Waals surface area contributed by atoms with Crippen LogP contribution in [0.25, 0.3) is 11.1 Å². The second-order valence-corrected chi connectivity index (χ2v) is 16.0. The number of carboxylic acids is 1. The molecule has 2 aliphatic heterocycles. The molecule has 2 aromatic carbocycles. The van der Waals surface area contributed by atoms with Gasteiger partial charge in [-0.2, -0.15) is 0 Å². The first kappa shape index (κ1) is 39.0. The van der Waals surface area contributed by atoms with Crippen molar-refractivity contribution in [2.45, 2.75) is 71.1 Å². The summed E-state index contributed by atoms with van der Waals surface area (Å²) in [6.07, 6.45) is 5.53. The third-order valence-electron chi connectivity index (χ3n) is 11.4. The third kappa shape index (κ3) is 8.31. The van der Waals surface area contributed by atoms with Gasteiger partial charge in [0.2, 0.25) is 0 Å². The number of fused-ring (bicyclic) bond motifs is 2. The number of imidazole rings is 2. The molecule has 7 rings (SSSR count). The van der Waals surface area contributed by atoms with Crippen LogP contribution in [0.15, 0.2) is 36.4 Å². The molecule has 55 heavy (non-hydrogen) atoms. The summed E-state index contributed by atoms with van der Waals surface area (Å²) in [5, 5.41) is 25.6. The van der Waals surface area contributed by atoms with Crippen LogP contribution >= 0.6 is 23.2 Å². The highest BCUT2D eigenvalue weighted by atomic mass is 35.5. The van der Waals surface area contributed by atoms with Crippen LogP contribution in [0.4, 0.5) is 11.4 Å². The summed E-state index contributed by atoms with van der Waals surface area (Å²) in [5.74, 6) is -0.531. The van der Waals surface area contributed by atoms with Gasteiger partial charge < -0.3 is 30.0 Å². The molecule has 3 aliphatic rings. The molecule has 1 fully saturated rings. The van der Waals surface area contributed by atoms with Crippen molar-refractivity contribution in [3.05, 3.63) is 80.9 Å². The van der Waals surface area contributed by atoms with E-state index in [2.05, 4.69) is 25.4 Å². The highest BCUT2D eigenvalue weighted by Gasteiger charge is 2.30. The summed E-state index contributed by atoms with van der Waals surface area (Å²) >= 11 is 13.9. The number of nitrogens with zero attached hydrogens (tertiary/aromatic N) is 6. The van der Waals surface area contributed by atoms with Gasteiger partial charge in [-0.25, -0.2) is 9.97 Å². The lowest BCUT2D eigenvalue weighted by Crippen LogP contribution is -2.36. The monoisotopic (exact) mass is 790 g/mol. The zero-order chi connectivity index (χ0) is 39.0. The Hall–Kier alpha value is -4.27. The molecule has 1 saturated carbocycles. The molecule has 0 spiro atoms. The molecule has 0 unspecified atom stereocenters. The van der Waals surface area contributed by atoms with E-state index >= 15 is 0 Å². The van der Waals surface area contributed by atoms with Gasteiger partial charge in [0.25, 0.3) is 11.8 Å². The number of β-amino-alcohol motifs (C(OH)–C–C–N with tert-alkyl or cyclic N) is 1. The fourth-order valence-electron chi connectivity index (χ4n) is 8.38. The predicted octanol–water partition coefficient (Wildman–Crippen LogP) is 6.01. The number of hydrogen-bond donors (Lipinski definition) is 4. The first-order chi connectivity index (χ1) is 26.4. The number of nitrogens with one attached hydrogen (secondary N) is 2. The summed E-state index contributed by atoms with van der Waals surface area (Å²) in [5.41, 5.74) is 5.70. The van der Waals surface area contributed by atoms with E-state index in [0.717, 1.165) is 87.4 Å². The standard InChI is InChI=1S/C40H48Cl2N8O5/c1-23(51)20-50-19-16-33-31(22-50)44-37(48(33)3)39(53)46-29-9-5-7-27(35(29)42)26-6-4-8-28(34(26)41)45-38(52)36-43-30-21-49(18-15-32(30)47(36)2)17-14-24-10-12-25(13-11-24)40(54)55/h4-9,23-25,51H,10-22H2,1-3H3,(H,45,52)(H,46,53)(H,54,55)/t23-,24?,25?/m1/s1. The van der Waals surface area contributed by atoms with Crippen LogP contribution in [0, 0.1) is 11.8 Å². The normalized spacial score (nSPS) is 19.4. The van der Waals surface area contributed by atoms with E-state index in [4.69, 9.17) is 28.2 Å². The first-order valence-corrected chi connectivity index (χ1v) is 19.8. The van der Waals surface area contributed by atoms with Gasteiger partial charge in [0.15, 0.2) is 11.6 Å². The molecule has 2 amide bonds. The molecule has 0 radical (unpaired) electrons. The van der Waals surface area contributed by atoms with E-state index in [0.29, 0.717) is 58.9 Å². The molecule has 0 saturated heterocycles. The van der Waals surface area contributed by atoms with E-state index in [1.54, 1.807) is 37.3 Å². The van der Waals surface area contributed by atoms with Crippen LogP contribution in [0.5, 0.6) is 0 Å². The van der Waals surface area contributed by atoms with E-state index in [9.17, 15) is 24.6 Å². The van der Waals surface area contributed by atoms with Gasteiger partial charge >= 0.3 is 5.97 Å². The fraction of sp³-hybridized carbons (Fsp3) is 0.475. The Morgan fingerprint density at radius 2 is 1.29 bits per heavy atom. The van der Waals surface area contributed by atoms with Crippen LogP contribution in [0.3, 0.4) is 0 Å². The Labute approximate surface area is 330 Å². The van der Waals surface area contributed by atoms with Crippen LogP contribution in [-0.2, 0) is 44.8 Å². The number of benzene rings is 2. The Kier molecular flexibility index (Phi) is 11.7. The summed E-state index contributed by atoms with van der Waals surface area (Å²) in [4.78, 5) is 52.5. The number of halogens is 2. The average molecular weight is 792 g/mol. The number of rotatable bonds is 11. The Morgan fingerprint density at radius 3 is 1.78 bits per heavy atom. The molecule has 1 atom stereocenters. The summed E-state index contributed by atoms with van der Waals surface area (Å²) < 4.78 is 3.68. The van der Waals surface area contributed by atoms with Crippen LogP contribution < -0.4 is 10.6 Å². The number of hydrogen-bond acceptors (Lipinski definition) is 8. The smallest absolute Gasteiger partial charge is 0.306 e. The van der Waals surface area contributed by atoms with Crippen molar-refractivity contribution in [3.63, 3.8) is 0 Å². The van der Waals surface area contributed by atoms with Crippen molar-refractivity contribution < 1.29 is 24.6 Å². The summed E-state index contributed by atoms with van der Waals surface area (Å²) in [7, 11) is 3.69. The number of aliphatic hydroxyl groups is 1. The minimum atomic E-state index is -0.674. The quantitative estimate of drug-likeness (QED) is 0.143. The zero-order valence-corrected chi connectivity index (χ0v) is 33.0. The van der Waals surface area contributed by atoms with E-state index in [1.165, 1.54) is 0 Å². The Balaban J connectivity index is 1.01. The minimum Gasteiger partial charge on any atom is -0.481 e. The van der Waals surface area contributed by atoms with Crippen molar-refractivity contribution in [1.29, 1.82) is 0 Å². The van der Waals surface area contributed by atoms with Crippen molar-refractivity contribution in [1.82, 2.24) is 28.9 Å². The van der Waals surface area contributed by atoms with Crippen molar-refractivity contribution in [2.24, 2.45) is 25.9 Å². The van der Waals surface area contributed by atoms with E-state index in [-0.39, 0.29) is 22.7 Å². The van der Waals surface area contributed by atoms with Crippen molar-refractivity contribution in [2.75, 3.05) is 36.8 Å². The number of aliphatic carboxylic acids is 1. The lowest BCUT2D eigenvalue weighted by Gasteiger charge is -2.30. The van der Waals surface area contributed by atoms with Gasteiger partial charge in [0.1, 0.15) is 0 Å². The van der Waals surface area contributed by atoms with Gasteiger partial charge in [-0.1, -0.05) is 47.5 Å². The van der Waals surface area contributed by atoms with E-state index in [1.807, 2.05) is 29.3 Å². The van der Waals surface area contributed by atoms with Gasteiger partial charge in [-0.05, 0) is 63.6 Å². The number of carbonyl (C=O) groups is 3. The zero-order valence-electron chi connectivity index (χ0n) is 31.4. The van der Waals surface area contributed by atoms with Gasteiger partial charge in [-0.3, -0.25) is 24.2 Å². The van der Waals surface area contributed by atoms with Gasteiger partial charge in [0.05, 0.1) is 44.8 Å². The molecule has 4 heterocycles. The van der Waals surface area contributed by atoms with Gasteiger partial charge in [0, 0.05) is 82.2 Å². The molecule has 292 valence electrons. The highest BCUT2D eigenvalue weighted by molar-refractivity contribution is 6.40. The number of aliphatic hydroxyl groups excluding tert-OH is 1.